The number of phenols is 1. The molecule has 3 N–H and O–H groups in total. The summed E-state index contributed by atoms with van der Waals surface area (Å²) in [7, 11) is 1.56. The van der Waals surface area contributed by atoms with Gasteiger partial charge in [0.15, 0.2) is 11.5 Å². The van der Waals surface area contributed by atoms with Crippen LogP contribution in [-0.4, -0.2) is 30.0 Å². The Kier molecular flexibility index (Phi) is 5.26. The first-order valence-corrected chi connectivity index (χ1v) is 7.38. The van der Waals surface area contributed by atoms with Crippen molar-refractivity contribution in [3.05, 3.63) is 23.8 Å². The highest BCUT2D eigenvalue weighted by molar-refractivity contribution is 5.42. The Bertz CT molecular complexity index is 436. The number of aliphatic hydroxyl groups is 1. The summed E-state index contributed by atoms with van der Waals surface area (Å²) in [5, 5.41) is 22.8. The van der Waals surface area contributed by atoms with Crippen LogP contribution in [0, 0.1) is 5.92 Å². The van der Waals surface area contributed by atoms with Gasteiger partial charge in [-0.15, -0.1) is 0 Å². The highest BCUT2D eigenvalue weighted by atomic mass is 16.5. The summed E-state index contributed by atoms with van der Waals surface area (Å²) in [6.07, 6.45) is 4.03. The van der Waals surface area contributed by atoms with E-state index in [1.165, 1.54) is 6.42 Å². The molecule has 1 aliphatic rings. The molecule has 0 amide bonds. The summed E-state index contributed by atoms with van der Waals surface area (Å²) in [6.45, 7) is 3.02. The van der Waals surface area contributed by atoms with Gasteiger partial charge >= 0.3 is 0 Å². The lowest BCUT2D eigenvalue weighted by atomic mass is 9.87. The van der Waals surface area contributed by atoms with Crippen LogP contribution in [0.25, 0.3) is 0 Å². The van der Waals surface area contributed by atoms with Crippen molar-refractivity contribution in [2.75, 3.05) is 13.7 Å². The lowest BCUT2D eigenvalue weighted by Gasteiger charge is -2.27. The maximum atomic E-state index is 9.69. The van der Waals surface area contributed by atoms with Crippen LogP contribution in [0.4, 0.5) is 0 Å². The molecule has 3 atom stereocenters. The van der Waals surface area contributed by atoms with Crippen molar-refractivity contribution in [3.63, 3.8) is 0 Å². The van der Waals surface area contributed by atoms with Gasteiger partial charge in [-0.25, -0.2) is 0 Å². The maximum absolute atomic E-state index is 9.69. The van der Waals surface area contributed by atoms with Crippen LogP contribution in [0.1, 0.15) is 44.2 Å². The summed E-state index contributed by atoms with van der Waals surface area (Å²) >= 11 is 0. The lowest BCUT2D eigenvalue weighted by Crippen LogP contribution is -2.30. The van der Waals surface area contributed by atoms with Crippen LogP contribution < -0.4 is 10.1 Å². The average molecular weight is 279 g/mol. The van der Waals surface area contributed by atoms with Gasteiger partial charge in [-0.3, -0.25) is 0 Å². The van der Waals surface area contributed by atoms with Gasteiger partial charge < -0.3 is 20.3 Å². The number of methoxy groups -OCH3 is 1. The van der Waals surface area contributed by atoms with Crippen molar-refractivity contribution in [1.82, 2.24) is 5.32 Å². The fraction of sp³-hybridized carbons (Fsp3) is 0.625. The van der Waals surface area contributed by atoms with Crippen molar-refractivity contribution in [2.24, 2.45) is 5.92 Å². The minimum atomic E-state index is -0.125. The van der Waals surface area contributed by atoms with E-state index < -0.39 is 0 Å². The summed E-state index contributed by atoms with van der Waals surface area (Å²) in [5.74, 6) is 1.23. The molecule has 3 unspecified atom stereocenters. The quantitative estimate of drug-likeness (QED) is 0.775. The molecule has 4 heteroatoms. The Balaban J connectivity index is 1.89. The van der Waals surface area contributed by atoms with Gasteiger partial charge in [0.05, 0.1) is 13.2 Å². The SMILES string of the molecule is COc1cc(C(C)NCC2CCCC(O)C2)ccc1O. The fourth-order valence-corrected chi connectivity index (χ4v) is 2.87. The van der Waals surface area contributed by atoms with E-state index in [4.69, 9.17) is 4.74 Å². The van der Waals surface area contributed by atoms with E-state index in [9.17, 15) is 10.2 Å². The largest absolute Gasteiger partial charge is 0.504 e. The molecule has 1 aromatic rings. The number of benzene rings is 1. The van der Waals surface area contributed by atoms with Crippen LogP contribution in [-0.2, 0) is 0 Å². The molecule has 1 aromatic carbocycles. The molecule has 1 aliphatic carbocycles. The van der Waals surface area contributed by atoms with Gasteiger partial charge in [-0.1, -0.05) is 12.5 Å². The Labute approximate surface area is 120 Å². The second kappa shape index (κ2) is 6.95. The first-order chi connectivity index (χ1) is 9.60. The monoisotopic (exact) mass is 279 g/mol. The molecule has 0 heterocycles. The van der Waals surface area contributed by atoms with Gasteiger partial charge in [0.1, 0.15) is 0 Å². The third-order valence-electron chi connectivity index (χ3n) is 4.17. The van der Waals surface area contributed by atoms with Gasteiger partial charge in [0.2, 0.25) is 0 Å². The molecule has 1 saturated carbocycles. The van der Waals surface area contributed by atoms with Crippen LogP contribution in [0.2, 0.25) is 0 Å². The molecule has 112 valence electrons. The number of nitrogens with one attached hydrogen (secondary N) is 1. The molecular formula is C16H25NO3. The smallest absolute Gasteiger partial charge is 0.160 e. The van der Waals surface area contributed by atoms with Crippen molar-refractivity contribution in [1.29, 1.82) is 0 Å². The first-order valence-electron chi connectivity index (χ1n) is 7.38. The van der Waals surface area contributed by atoms with E-state index in [1.54, 1.807) is 13.2 Å². The number of hydrogen-bond acceptors (Lipinski definition) is 4. The number of aliphatic hydroxyl groups excluding tert-OH is 1. The summed E-state index contributed by atoms with van der Waals surface area (Å²) < 4.78 is 5.13. The summed E-state index contributed by atoms with van der Waals surface area (Å²) in [5.41, 5.74) is 1.09. The zero-order valence-corrected chi connectivity index (χ0v) is 12.3. The fourth-order valence-electron chi connectivity index (χ4n) is 2.87. The molecule has 0 bridgehead atoms. The van der Waals surface area contributed by atoms with Crippen molar-refractivity contribution >= 4 is 0 Å². The highest BCUT2D eigenvalue weighted by Gasteiger charge is 2.20. The van der Waals surface area contributed by atoms with Gasteiger partial charge in [-0.05, 0) is 56.3 Å². The van der Waals surface area contributed by atoms with Gasteiger partial charge in [0.25, 0.3) is 0 Å². The van der Waals surface area contributed by atoms with E-state index in [-0.39, 0.29) is 17.9 Å². The first kappa shape index (κ1) is 15.1. The average Bonchev–Trinajstić information content (AvgIpc) is 2.45. The van der Waals surface area contributed by atoms with E-state index in [2.05, 4.69) is 12.2 Å². The van der Waals surface area contributed by atoms with Gasteiger partial charge in [-0.2, -0.15) is 0 Å². The van der Waals surface area contributed by atoms with Gasteiger partial charge in [0, 0.05) is 6.04 Å². The Hall–Kier alpha value is -1.26. The molecule has 0 aromatic heterocycles. The minimum Gasteiger partial charge on any atom is -0.504 e. The Morgan fingerprint density at radius 3 is 2.90 bits per heavy atom. The lowest BCUT2D eigenvalue weighted by molar-refractivity contribution is 0.0998. The van der Waals surface area contributed by atoms with Crippen LogP contribution in [0.3, 0.4) is 0 Å². The predicted octanol–water partition coefficient (Wildman–Crippen LogP) is 2.60. The third-order valence-corrected chi connectivity index (χ3v) is 4.17. The Morgan fingerprint density at radius 2 is 2.20 bits per heavy atom. The minimum absolute atomic E-state index is 0.125. The molecular weight excluding hydrogens is 254 g/mol. The molecule has 20 heavy (non-hydrogen) atoms. The van der Waals surface area contributed by atoms with Crippen molar-refractivity contribution < 1.29 is 14.9 Å². The van der Waals surface area contributed by atoms with Crippen LogP contribution in [0.5, 0.6) is 11.5 Å². The van der Waals surface area contributed by atoms with E-state index in [1.807, 2.05) is 12.1 Å². The van der Waals surface area contributed by atoms with Crippen molar-refractivity contribution in [3.8, 4) is 11.5 Å². The highest BCUT2D eigenvalue weighted by Crippen LogP contribution is 2.29. The second-order valence-electron chi connectivity index (χ2n) is 5.75. The second-order valence-corrected chi connectivity index (χ2v) is 5.75. The molecule has 2 rings (SSSR count). The van der Waals surface area contributed by atoms with E-state index in [0.29, 0.717) is 11.7 Å². The standard InChI is InChI=1S/C16H25NO3/c1-11(13-6-7-15(19)16(9-13)20-2)17-10-12-4-3-5-14(18)8-12/h6-7,9,11-12,14,17-19H,3-5,8,10H2,1-2H3. The van der Waals surface area contributed by atoms with Crippen LogP contribution in [0.15, 0.2) is 18.2 Å². The predicted molar refractivity (Wildman–Crippen MR) is 79.0 cm³/mol. The normalized spacial score (nSPS) is 24.4. The number of phenolic OH excluding ortho intramolecular Hbond substituents is 1. The number of rotatable bonds is 5. The molecule has 0 aliphatic heterocycles. The molecule has 4 nitrogen and oxygen atoms in total. The number of ether oxygens (including phenoxy) is 1. The zero-order chi connectivity index (χ0) is 14.5. The summed E-state index contributed by atoms with van der Waals surface area (Å²) in [4.78, 5) is 0. The van der Waals surface area contributed by atoms with E-state index in [0.717, 1.165) is 31.4 Å². The molecule has 1 fully saturated rings. The third kappa shape index (κ3) is 3.87. The maximum Gasteiger partial charge on any atom is 0.160 e. The zero-order valence-electron chi connectivity index (χ0n) is 12.3. The van der Waals surface area contributed by atoms with E-state index >= 15 is 0 Å². The topological polar surface area (TPSA) is 61.7 Å². The Morgan fingerprint density at radius 1 is 1.40 bits per heavy atom. The molecule has 0 radical (unpaired) electrons. The molecule has 0 spiro atoms. The number of aromatic hydroxyl groups is 1. The number of hydrogen-bond donors (Lipinski definition) is 3. The van der Waals surface area contributed by atoms with Crippen molar-refractivity contribution in [2.45, 2.75) is 44.8 Å². The molecule has 0 saturated heterocycles. The summed E-state index contributed by atoms with van der Waals surface area (Å²) in [6, 6.07) is 5.63. The van der Waals surface area contributed by atoms with Crippen LogP contribution >= 0.6 is 0 Å².